The molecule has 0 aromatic heterocycles. The van der Waals surface area contributed by atoms with E-state index in [-0.39, 0.29) is 16.9 Å². The molecule has 0 spiro atoms. The minimum Gasteiger partial charge on any atom is -0.450 e. The summed E-state index contributed by atoms with van der Waals surface area (Å²) in [5, 5.41) is 14.6. The zero-order valence-corrected chi connectivity index (χ0v) is 13.3. The maximum atomic E-state index is 11.2. The van der Waals surface area contributed by atoms with Gasteiger partial charge in [-0.05, 0) is 35.2 Å². The molecular formula is C17H19N3O3. The average Bonchev–Trinajstić information content (AvgIpc) is 2.48. The van der Waals surface area contributed by atoms with Gasteiger partial charge in [0.1, 0.15) is 5.75 Å². The van der Waals surface area contributed by atoms with Gasteiger partial charge in [0, 0.05) is 11.6 Å². The highest BCUT2D eigenvalue weighted by Gasteiger charge is 2.17. The molecule has 23 heavy (non-hydrogen) atoms. The number of hydrogen-bond acceptors (Lipinski definition) is 5. The molecule has 0 saturated carbocycles. The van der Waals surface area contributed by atoms with Gasteiger partial charge in [-0.15, -0.1) is 0 Å². The summed E-state index contributed by atoms with van der Waals surface area (Å²) < 4.78 is 5.65. The number of benzene rings is 2. The van der Waals surface area contributed by atoms with Crippen LogP contribution in [0.15, 0.2) is 47.6 Å². The third-order valence-electron chi connectivity index (χ3n) is 3.35. The molecule has 2 aromatic rings. The van der Waals surface area contributed by atoms with E-state index in [1.165, 1.54) is 18.3 Å². The number of nitrogens with zero attached hydrogens (tertiary/aromatic N) is 2. The van der Waals surface area contributed by atoms with E-state index in [0.717, 1.165) is 5.56 Å². The summed E-state index contributed by atoms with van der Waals surface area (Å²) in [7, 11) is 0. The van der Waals surface area contributed by atoms with Gasteiger partial charge in [-0.2, -0.15) is 5.10 Å². The summed E-state index contributed by atoms with van der Waals surface area (Å²) in [4.78, 5) is 10.7. The Balaban J connectivity index is 2.30. The first-order valence-electron chi connectivity index (χ1n) is 7.11. The van der Waals surface area contributed by atoms with Crippen molar-refractivity contribution in [2.75, 3.05) is 0 Å². The summed E-state index contributed by atoms with van der Waals surface area (Å²) in [6, 6.07) is 12.1. The molecule has 2 N–H and O–H groups in total. The fraction of sp³-hybridized carbons (Fsp3) is 0.235. The molecule has 120 valence electrons. The van der Waals surface area contributed by atoms with Crippen LogP contribution in [0.1, 0.15) is 31.9 Å². The van der Waals surface area contributed by atoms with Crippen molar-refractivity contribution in [1.29, 1.82) is 0 Å². The van der Waals surface area contributed by atoms with Gasteiger partial charge in [0.05, 0.1) is 11.1 Å². The van der Waals surface area contributed by atoms with Crippen LogP contribution in [0.2, 0.25) is 0 Å². The van der Waals surface area contributed by atoms with Crippen molar-refractivity contribution in [3.8, 4) is 11.5 Å². The van der Waals surface area contributed by atoms with E-state index < -0.39 is 4.92 Å². The highest BCUT2D eigenvalue weighted by atomic mass is 16.6. The van der Waals surface area contributed by atoms with Gasteiger partial charge in [0.15, 0.2) is 0 Å². The number of nitrogens with two attached hydrogens (primary N) is 1. The predicted octanol–water partition coefficient (Wildman–Crippen LogP) is 3.98. The molecule has 0 saturated heterocycles. The van der Waals surface area contributed by atoms with Crippen LogP contribution in [0, 0.1) is 10.1 Å². The number of rotatable bonds is 4. The Morgan fingerprint density at radius 2 is 1.83 bits per heavy atom. The molecule has 6 nitrogen and oxygen atoms in total. The van der Waals surface area contributed by atoms with Crippen molar-refractivity contribution in [2.24, 2.45) is 10.9 Å². The van der Waals surface area contributed by atoms with Crippen molar-refractivity contribution >= 4 is 11.9 Å². The molecule has 0 bridgehead atoms. The Hall–Kier alpha value is -2.89. The van der Waals surface area contributed by atoms with E-state index >= 15 is 0 Å². The maximum Gasteiger partial charge on any atom is 0.312 e. The monoisotopic (exact) mass is 313 g/mol. The van der Waals surface area contributed by atoms with E-state index in [9.17, 15) is 10.1 Å². The lowest BCUT2D eigenvalue weighted by molar-refractivity contribution is -0.385. The predicted molar refractivity (Wildman–Crippen MR) is 90.1 cm³/mol. The van der Waals surface area contributed by atoms with Gasteiger partial charge in [-0.1, -0.05) is 32.9 Å². The molecular weight excluding hydrogens is 294 g/mol. The Labute approximate surface area is 134 Å². The van der Waals surface area contributed by atoms with E-state index in [1.807, 2.05) is 12.1 Å². The maximum absolute atomic E-state index is 11.2. The second kappa shape index (κ2) is 6.48. The third kappa shape index (κ3) is 4.06. The molecule has 0 amide bonds. The summed E-state index contributed by atoms with van der Waals surface area (Å²) in [6.45, 7) is 6.35. The Bertz CT molecular complexity index is 732. The normalized spacial score (nSPS) is 11.6. The van der Waals surface area contributed by atoms with Crippen LogP contribution < -0.4 is 10.6 Å². The molecule has 2 rings (SSSR count). The van der Waals surface area contributed by atoms with Gasteiger partial charge in [0.2, 0.25) is 5.75 Å². The first-order valence-corrected chi connectivity index (χ1v) is 7.11. The van der Waals surface area contributed by atoms with E-state index in [0.29, 0.717) is 11.3 Å². The second-order valence-corrected chi connectivity index (χ2v) is 6.14. The van der Waals surface area contributed by atoms with E-state index in [1.54, 1.807) is 18.2 Å². The molecule has 6 heteroatoms. The lowest BCUT2D eigenvalue weighted by atomic mass is 9.87. The topological polar surface area (TPSA) is 90.8 Å². The van der Waals surface area contributed by atoms with Crippen LogP contribution in [-0.2, 0) is 5.41 Å². The standard InChI is InChI=1S/C17H19N3O3/c1-17(2,3)13-5-7-14(8-6-13)23-16-9-4-12(11-19-18)10-15(16)20(21)22/h4-11H,18H2,1-3H3/b19-11-. The van der Waals surface area contributed by atoms with Crippen molar-refractivity contribution in [2.45, 2.75) is 26.2 Å². The fourth-order valence-corrected chi connectivity index (χ4v) is 2.08. The largest absolute Gasteiger partial charge is 0.450 e. The van der Waals surface area contributed by atoms with Crippen LogP contribution >= 0.6 is 0 Å². The van der Waals surface area contributed by atoms with Crippen LogP contribution in [0.4, 0.5) is 5.69 Å². The van der Waals surface area contributed by atoms with E-state index in [4.69, 9.17) is 10.6 Å². The SMILES string of the molecule is CC(C)(C)c1ccc(Oc2ccc(/C=N\N)cc2[N+](=O)[O-])cc1. The summed E-state index contributed by atoms with van der Waals surface area (Å²) in [6.07, 6.45) is 1.34. The van der Waals surface area contributed by atoms with Crippen LogP contribution in [0.3, 0.4) is 0 Å². The summed E-state index contributed by atoms with van der Waals surface area (Å²) >= 11 is 0. The quantitative estimate of drug-likeness (QED) is 0.400. The number of nitro groups is 1. The minimum atomic E-state index is -0.493. The molecule has 2 aromatic carbocycles. The van der Waals surface area contributed by atoms with Gasteiger partial charge in [-0.3, -0.25) is 10.1 Å². The molecule has 0 radical (unpaired) electrons. The first kappa shape index (κ1) is 16.5. The molecule has 0 unspecified atom stereocenters. The number of ether oxygens (including phenoxy) is 1. The summed E-state index contributed by atoms with van der Waals surface area (Å²) in [5.41, 5.74) is 1.60. The minimum absolute atomic E-state index is 0.0354. The van der Waals surface area contributed by atoms with Gasteiger partial charge in [-0.25, -0.2) is 0 Å². The van der Waals surface area contributed by atoms with Crippen LogP contribution in [-0.4, -0.2) is 11.1 Å². The van der Waals surface area contributed by atoms with Gasteiger partial charge in [0.25, 0.3) is 0 Å². The number of hydrazone groups is 1. The zero-order chi connectivity index (χ0) is 17.0. The third-order valence-corrected chi connectivity index (χ3v) is 3.35. The van der Waals surface area contributed by atoms with Crippen molar-refractivity contribution < 1.29 is 9.66 Å². The summed E-state index contributed by atoms with van der Waals surface area (Å²) in [5.74, 6) is 5.78. The molecule has 0 atom stereocenters. The van der Waals surface area contributed by atoms with Crippen molar-refractivity contribution in [3.63, 3.8) is 0 Å². The molecule has 0 aliphatic rings. The van der Waals surface area contributed by atoms with Gasteiger partial charge >= 0.3 is 5.69 Å². The van der Waals surface area contributed by atoms with Crippen LogP contribution in [0.5, 0.6) is 11.5 Å². The number of nitro benzene ring substituents is 1. The van der Waals surface area contributed by atoms with Crippen molar-refractivity contribution in [3.05, 3.63) is 63.7 Å². The molecule has 0 heterocycles. The van der Waals surface area contributed by atoms with Crippen LogP contribution in [0.25, 0.3) is 0 Å². The highest BCUT2D eigenvalue weighted by Crippen LogP contribution is 2.33. The average molecular weight is 313 g/mol. The second-order valence-electron chi connectivity index (χ2n) is 6.14. The zero-order valence-electron chi connectivity index (χ0n) is 13.3. The van der Waals surface area contributed by atoms with Gasteiger partial charge < -0.3 is 10.6 Å². The lowest BCUT2D eigenvalue weighted by Gasteiger charge is -2.19. The Morgan fingerprint density at radius 1 is 1.17 bits per heavy atom. The smallest absolute Gasteiger partial charge is 0.312 e. The molecule has 0 fully saturated rings. The first-order chi connectivity index (χ1) is 10.8. The van der Waals surface area contributed by atoms with E-state index in [2.05, 4.69) is 25.9 Å². The molecule has 0 aliphatic heterocycles. The highest BCUT2D eigenvalue weighted by molar-refractivity contribution is 5.81. The fourth-order valence-electron chi connectivity index (χ4n) is 2.08. The molecule has 0 aliphatic carbocycles. The van der Waals surface area contributed by atoms with Crippen molar-refractivity contribution in [1.82, 2.24) is 0 Å². The lowest BCUT2D eigenvalue weighted by Crippen LogP contribution is -2.10. The number of hydrogen-bond donors (Lipinski definition) is 1. The Kier molecular flexibility index (Phi) is 4.64. The Morgan fingerprint density at radius 3 is 2.35 bits per heavy atom.